The summed E-state index contributed by atoms with van der Waals surface area (Å²) in [5.41, 5.74) is 15.8. The number of benzene rings is 1. The number of piperazine rings is 2. The molecule has 4 heterocycles. The number of anilines is 4. The molecule has 0 amide bonds. The summed E-state index contributed by atoms with van der Waals surface area (Å²) in [5.74, 6) is 1.53. The number of hydrogen-bond donors (Lipinski definition) is 3. The van der Waals surface area contributed by atoms with Crippen molar-refractivity contribution in [1.29, 1.82) is 0 Å². The number of piperidine rings is 1. The van der Waals surface area contributed by atoms with Crippen molar-refractivity contribution < 1.29 is 0 Å². The van der Waals surface area contributed by atoms with Crippen molar-refractivity contribution >= 4 is 28.7 Å². The zero-order chi connectivity index (χ0) is 34.9. The standard InChI is InChI=1S/C41H57N9/c1-5-31(4)50-29-28-49(30-36(50)15-11-14-32-12-9-8-10-13-32)41-38(7-3)45-39(37(42)6-2)40(46-41)44-33-16-18-34(19-17-33)47-24-20-35(21-25-47)48-26-22-43-23-27-48/h5,9,12-13,16-19,35-36,43H,1-2,4,7-8,10-11,14-15,20-30,42H2,3H3,(H,44,46). The van der Waals surface area contributed by atoms with Crippen LogP contribution in [0, 0.1) is 0 Å². The molecule has 266 valence electrons. The minimum atomic E-state index is 0.303. The summed E-state index contributed by atoms with van der Waals surface area (Å²) in [4.78, 5) is 20.4. The van der Waals surface area contributed by atoms with Crippen LogP contribution in [0.25, 0.3) is 5.70 Å². The number of aromatic nitrogens is 2. The Hall–Kier alpha value is -4.30. The molecule has 6 rings (SSSR count). The molecule has 3 fully saturated rings. The van der Waals surface area contributed by atoms with Crippen LogP contribution >= 0.6 is 0 Å². The Bertz CT molecular complexity index is 1590. The molecule has 1 aliphatic carbocycles. The van der Waals surface area contributed by atoms with Gasteiger partial charge in [-0.2, -0.15) is 0 Å². The van der Waals surface area contributed by atoms with Gasteiger partial charge < -0.3 is 31.1 Å². The van der Waals surface area contributed by atoms with Crippen LogP contribution < -0.4 is 26.2 Å². The molecule has 1 aromatic carbocycles. The summed E-state index contributed by atoms with van der Waals surface area (Å²) >= 11 is 0. The fraction of sp³-hybridized carbons (Fsp3) is 0.488. The van der Waals surface area contributed by atoms with Crippen LogP contribution in [0.3, 0.4) is 0 Å². The minimum absolute atomic E-state index is 0.303. The van der Waals surface area contributed by atoms with Gasteiger partial charge in [0, 0.05) is 88.1 Å². The van der Waals surface area contributed by atoms with E-state index in [0.717, 1.165) is 107 Å². The fourth-order valence-electron chi connectivity index (χ4n) is 7.92. The number of nitrogens with two attached hydrogens (primary N) is 1. The minimum Gasteiger partial charge on any atom is -0.391 e. The molecule has 3 saturated heterocycles. The third-order valence-corrected chi connectivity index (χ3v) is 10.8. The van der Waals surface area contributed by atoms with Gasteiger partial charge in [0.1, 0.15) is 11.4 Å². The molecular weight excluding hydrogens is 619 g/mol. The van der Waals surface area contributed by atoms with Crippen LogP contribution in [0.4, 0.5) is 23.0 Å². The third-order valence-electron chi connectivity index (χ3n) is 10.8. The second kappa shape index (κ2) is 17.1. The van der Waals surface area contributed by atoms with Gasteiger partial charge in [0.15, 0.2) is 11.6 Å². The maximum atomic E-state index is 6.43. The summed E-state index contributed by atoms with van der Waals surface area (Å²) in [5, 5.41) is 7.05. The molecule has 0 spiro atoms. The monoisotopic (exact) mass is 675 g/mol. The number of nitrogens with zero attached hydrogens (tertiary/aromatic N) is 6. The molecule has 1 aromatic heterocycles. The summed E-state index contributed by atoms with van der Waals surface area (Å²) in [7, 11) is 0. The zero-order valence-corrected chi connectivity index (χ0v) is 30.2. The first-order valence-electron chi connectivity index (χ1n) is 18.8. The Kier molecular flexibility index (Phi) is 12.1. The van der Waals surface area contributed by atoms with E-state index in [2.05, 4.69) is 105 Å². The van der Waals surface area contributed by atoms with Crippen molar-refractivity contribution in [3.8, 4) is 0 Å². The highest BCUT2D eigenvalue weighted by Crippen LogP contribution is 2.32. The number of allylic oxidation sites excluding steroid dienone is 5. The van der Waals surface area contributed by atoms with Crippen molar-refractivity contribution in [1.82, 2.24) is 25.1 Å². The lowest BCUT2D eigenvalue weighted by Gasteiger charge is -2.44. The maximum absolute atomic E-state index is 6.43. The van der Waals surface area contributed by atoms with E-state index in [0.29, 0.717) is 29.3 Å². The Morgan fingerprint density at radius 1 is 1.04 bits per heavy atom. The molecule has 9 heteroatoms. The van der Waals surface area contributed by atoms with Gasteiger partial charge in [0.25, 0.3) is 0 Å². The summed E-state index contributed by atoms with van der Waals surface area (Å²) in [6.07, 6.45) is 17.6. The summed E-state index contributed by atoms with van der Waals surface area (Å²) < 4.78 is 0. The molecule has 3 aliphatic heterocycles. The Labute approximate surface area is 300 Å². The molecule has 0 saturated carbocycles. The van der Waals surface area contributed by atoms with Crippen molar-refractivity contribution in [3.63, 3.8) is 0 Å². The molecule has 4 N–H and O–H groups in total. The van der Waals surface area contributed by atoms with E-state index in [1.165, 1.54) is 37.2 Å². The van der Waals surface area contributed by atoms with Gasteiger partial charge >= 0.3 is 0 Å². The SMILES string of the molecule is C=C=C(N)c1nc(CC)c(N2CCN(C(=C)C=C)C(CCCC3=CCCC=C3)C2)nc1Nc1ccc(N2CCC(N3CCNCC3)CC2)cc1. The largest absolute Gasteiger partial charge is 0.391 e. The number of nitrogens with one attached hydrogen (secondary N) is 2. The van der Waals surface area contributed by atoms with Crippen LogP contribution in [-0.2, 0) is 6.42 Å². The van der Waals surface area contributed by atoms with E-state index in [9.17, 15) is 0 Å². The van der Waals surface area contributed by atoms with E-state index >= 15 is 0 Å². The molecule has 50 heavy (non-hydrogen) atoms. The highest BCUT2D eigenvalue weighted by Gasteiger charge is 2.30. The van der Waals surface area contributed by atoms with Crippen molar-refractivity contribution in [2.45, 2.75) is 70.4 Å². The lowest BCUT2D eigenvalue weighted by Crippen LogP contribution is -2.52. The second-order valence-corrected chi connectivity index (χ2v) is 14.0. The van der Waals surface area contributed by atoms with Crippen LogP contribution in [0.5, 0.6) is 0 Å². The predicted molar refractivity (Wildman–Crippen MR) is 210 cm³/mol. The van der Waals surface area contributed by atoms with Gasteiger partial charge in [0.2, 0.25) is 0 Å². The van der Waals surface area contributed by atoms with Crippen LogP contribution in [0.15, 0.2) is 85.3 Å². The van der Waals surface area contributed by atoms with Crippen molar-refractivity contribution in [2.75, 3.05) is 74.0 Å². The Balaban J connectivity index is 1.17. The highest BCUT2D eigenvalue weighted by atomic mass is 15.3. The van der Waals surface area contributed by atoms with Gasteiger partial charge in [-0.25, -0.2) is 9.97 Å². The number of hydrogen-bond acceptors (Lipinski definition) is 9. The fourth-order valence-corrected chi connectivity index (χ4v) is 7.92. The summed E-state index contributed by atoms with van der Waals surface area (Å²) in [6.45, 7) is 23.6. The van der Waals surface area contributed by atoms with Crippen molar-refractivity contribution in [3.05, 3.63) is 96.7 Å². The van der Waals surface area contributed by atoms with Gasteiger partial charge in [-0.05, 0) is 81.7 Å². The maximum Gasteiger partial charge on any atom is 0.161 e. The lowest BCUT2D eigenvalue weighted by atomic mass is 9.98. The van der Waals surface area contributed by atoms with Gasteiger partial charge in [-0.15, -0.1) is 5.73 Å². The normalized spacial score (nSPS) is 20.3. The first kappa shape index (κ1) is 35.5. The quantitative estimate of drug-likeness (QED) is 0.165. The number of aryl methyl sites for hydroxylation is 1. The average molecular weight is 676 g/mol. The molecular formula is C41H57N9. The van der Waals surface area contributed by atoms with E-state index in [1.807, 2.05) is 6.08 Å². The topological polar surface area (TPSA) is 88.8 Å². The van der Waals surface area contributed by atoms with Gasteiger partial charge in [-0.1, -0.05) is 50.5 Å². The number of rotatable bonds is 13. The Morgan fingerprint density at radius 3 is 2.50 bits per heavy atom. The van der Waals surface area contributed by atoms with E-state index in [4.69, 9.17) is 15.7 Å². The highest BCUT2D eigenvalue weighted by molar-refractivity contribution is 5.74. The van der Waals surface area contributed by atoms with Gasteiger partial charge in [-0.3, -0.25) is 4.90 Å². The predicted octanol–water partition coefficient (Wildman–Crippen LogP) is 6.38. The molecule has 4 aliphatic rings. The second-order valence-electron chi connectivity index (χ2n) is 14.0. The first-order valence-corrected chi connectivity index (χ1v) is 18.8. The molecule has 2 aromatic rings. The molecule has 0 bridgehead atoms. The molecule has 0 radical (unpaired) electrons. The molecule has 1 unspecified atom stereocenters. The average Bonchev–Trinajstić information content (AvgIpc) is 3.18. The summed E-state index contributed by atoms with van der Waals surface area (Å²) in [6, 6.07) is 9.70. The van der Waals surface area contributed by atoms with E-state index < -0.39 is 0 Å². The smallest absolute Gasteiger partial charge is 0.161 e. The van der Waals surface area contributed by atoms with Gasteiger partial charge in [0.05, 0.1) is 5.69 Å². The molecule has 9 nitrogen and oxygen atoms in total. The van der Waals surface area contributed by atoms with Crippen molar-refractivity contribution in [2.24, 2.45) is 5.73 Å². The van der Waals surface area contributed by atoms with Crippen LogP contribution in [-0.4, -0.2) is 90.8 Å². The van der Waals surface area contributed by atoms with Crippen LogP contribution in [0.1, 0.15) is 63.3 Å². The van der Waals surface area contributed by atoms with E-state index in [1.54, 1.807) is 0 Å². The molecule has 1 atom stereocenters. The third kappa shape index (κ3) is 8.52. The van der Waals surface area contributed by atoms with E-state index in [-0.39, 0.29) is 0 Å². The first-order chi connectivity index (χ1) is 24.5. The zero-order valence-electron chi connectivity index (χ0n) is 30.2. The van der Waals surface area contributed by atoms with Crippen LogP contribution in [0.2, 0.25) is 0 Å². The lowest BCUT2D eigenvalue weighted by molar-refractivity contribution is 0.150. The Morgan fingerprint density at radius 2 is 1.82 bits per heavy atom.